The van der Waals surface area contributed by atoms with E-state index in [-0.39, 0.29) is 0 Å². The molecule has 2 nitrogen and oxygen atoms in total. The Balaban J connectivity index is 1.65. The third-order valence-electron chi connectivity index (χ3n) is 3.97. The van der Waals surface area contributed by atoms with Crippen LogP contribution in [0.15, 0.2) is 33.4 Å². The monoisotopic (exact) mass is 364 g/mol. The van der Waals surface area contributed by atoms with Crippen molar-refractivity contribution in [3.63, 3.8) is 0 Å². The Morgan fingerprint density at radius 2 is 2.14 bits per heavy atom. The number of hydrogen-bond donors (Lipinski definition) is 1. The summed E-state index contributed by atoms with van der Waals surface area (Å²) in [5.74, 6) is 0. The fraction of sp³-hybridized carbons (Fsp3) is 0.412. The van der Waals surface area contributed by atoms with E-state index in [9.17, 15) is 0 Å². The van der Waals surface area contributed by atoms with E-state index in [0.29, 0.717) is 0 Å². The maximum atomic E-state index is 3.59. The molecular formula is C17H21BrN2S. The highest BCUT2D eigenvalue weighted by molar-refractivity contribution is 9.11. The van der Waals surface area contributed by atoms with Crippen LogP contribution in [0, 0.1) is 6.92 Å². The minimum Gasteiger partial charge on any atom is -0.370 e. The Kier molecular flexibility index (Phi) is 4.67. The lowest BCUT2D eigenvalue weighted by Gasteiger charge is -2.20. The van der Waals surface area contributed by atoms with Gasteiger partial charge in [0.25, 0.3) is 0 Å². The molecule has 112 valence electrons. The van der Waals surface area contributed by atoms with Gasteiger partial charge in [0, 0.05) is 31.9 Å². The highest BCUT2D eigenvalue weighted by Crippen LogP contribution is 2.25. The molecule has 1 fully saturated rings. The number of anilines is 1. The van der Waals surface area contributed by atoms with E-state index >= 15 is 0 Å². The zero-order valence-electron chi connectivity index (χ0n) is 12.5. The predicted molar refractivity (Wildman–Crippen MR) is 95.2 cm³/mol. The van der Waals surface area contributed by atoms with E-state index in [0.717, 1.165) is 19.1 Å². The molecule has 1 N–H and O–H groups in total. The van der Waals surface area contributed by atoms with Crippen LogP contribution in [0.5, 0.6) is 0 Å². The van der Waals surface area contributed by atoms with Gasteiger partial charge in [0.2, 0.25) is 0 Å². The minimum atomic E-state index is 0.767. The molecule has 1 aromatic heterocycles. The topological polar surface area (TPSA) is 15.3 Å². The zero-order valence-corrected chi connectivity index (χ0v) is 14.9. The van der Waals surface area contributed by atoms with Gasteiger partial charge in [-0.3, -0.25) is 0 Å². The summed E-state index contributed by atoms with van der Waals surface area (Å²) >= 11 is 5.27. The summed E-state index contributed by atoms with van der Waals surface area (Å²) in [6, 6.07) is 9.76. The number of aryl methyl sites for hydroxylation is 1. The van der Waals surface area contributed by atoms with Gasteiger partial charge in [0.1, 0.15) is 0 Å². The van der Waals surface area contributed by atoms with Crippen LogP contribution in [0.1, 0.15) is 29.5 Å². The molecule has 1 aromatic carbocycles. The van der Waals surface area contributed by atoms with Crippen LogP contribution in [-0.4, -0.2) is 13.1 Å². The Hall–Kier alpha value is -0.840. The summed E-state index contributed by atoms with van der Waals surface area (Å²) in [6.07, 6.45) is 2.69. The van der Waals surface area contributed by atoms with Gasteiger partial charge in [0.05, 0.1) is 3.79 Å². The molecule has 0 spiro atoms. The van der Waals surface area contributed by atoms with Crippen molar-refractivity contribution in [3.8, 4) is 0 Å². The van der Waals surface area contributed by atoms with Gasteiger partial charge in [-0.25, -0.2) is 0 Å². The summed E-state index contributed by atoms with van der Waals surface area (Å²) in [7, 11) is 2.16. The van der Waals surface area contributed by atoms with Crippen LogP contribution in [0.4, 0.5) is 5.69 Å². The normalized spacial score (nSPS) is 14.4. The zero-order chi connectivity index (χ0) is 14.8. The van der Waals surface area contributed by atoms with Crippen molar-refractivity contribution >= 4 is 33.0 Å². The number of rotatable bonds is 6. The lowest BCUT2D eigenvalue weighted by Crippen LogP contribution is -2.18. The third kappa shape index (κ3) is 4.09. The molecule has 4 heteroatoms. The van der Waals surface area contributed by atoms with Crippen LogP contribution in [0.25, 0.3) is 0 Å². The SMILES string of the molecule is Cc1cc(N(C)Cc2csc(Br)c2)ccc1CNC1CC1. The fourth-order valence-corrected chi connectivity index (χ4v) is 3.65. The van der Waals surface area contributed by atoms with Gasteiger partial charge >= 0.3 is 0 Å². The molecule has 0 radical (unpaired) electrons. The molecule has 3 rings (SSSR count). The average Bonchev–Trinajstić information content (AvgIpc) is 3.20. The number of benzene rings is 1. The molecular weight excluding hydrogens is 344 g/mol. The Bertz CT molecular complexity index is 619. The van der Waals surface area contributed by atoms with Gasteiger partial charge in [-0.15, -0.1) is 11.3 Å². The van der Waals surface area contributed by atoms with Crippen LogP contribution < -0.4 is 10.2 Å². The minimum absolute atomic E-state index is 0.767. The smallest absolute Gasteiger partial charge is 0.0701 e. The van der Waals surface area contributed by atoms with Gasteiger partial charge in [-0.1, -0.05) is 6.07 Å². The van der Waals surface area contributed by atoms with Gasteiger partial charge in [-0.2, -0.15) is 0 Å². The van der Waals surface area contributed by atoms with Crippen molar-refractivity contribution in [2.75, 3.05) is 11.9 Å². The fourth-order valence-electron chi connectivity index (χ4n) is 2.45. The highest BCUT2D eigenvalue weighted by atomic mass is 79.9. The predicted octanol–water partition coefficient (Wildman–Crippen LogP) is 4.71. The lowest BCUT2D eigenvalue weighted by molar-refractivity contribution is 0.685. The van der Waals surface area contributed by atoms with Crippen molar-refractivity contribution in [2.45, 2.75) is 38.9 Å². The molecule has 0 bridgehead atoms. The lowest BCUT2D eigenvalue weighted by atomic mass is 10.1. The van der Waals surface area contributed by atoms with E-state index in [1.54, 1.807) is 11.3 Å². The molecule has 1 saturated carbocycles. The molecule has 0 amide bonds. The Morgan fingerprint density at radius 1 is 1.33 bits per heavy atom. The number of halogens is 1. The van der Waals surface area contributed by atoms with Gasteiger partial charge in [0.15, 0.2) is 0 Å². The van der Waals surface area contributed by atoms with E-state index in [4.69, 9.17) is 0 Å². The quantitative estimate of drug-likeness (QED) is 0.798. The summed E-state index contributed by atoms with van der Waals surface area (Å²) < 4.78 is 1.20. The summed E-state index contributed by atoms with van der Waals surface area (Å²) in [5, 5.41) is 5.80. The molecule has 21 heavy (non-hydrogen) atoms. The highest BCUT2D eigenvalue weighted by Gasteiger charge is 2.20. The van der Waals surface area contributed by atoms with Crippen LogP contribution in [0.3, 0.4) is 0 Å². The maximum Gasteiger partial charge on any atom is 0.0701 e. The van der Waals surface area contributed by atoms with Crippen LogP contribution in [0.2, 0.25) is 0 Å². The van der Waals surface area contributed by atoms with Crippen molar-refractivity contribution in [3.05, 3.63) is 50.1 Å². The molecule has 1 aliphatic carbocycles. The molecule has 1 heterocycles. The summed E-state index contributed by atoms with van der Waals surface area (Å²) in [4.78, 5) is 2.31. The number of thiophene rings is 1. The summed E-state index contributed by atoms with van der Waals surface area (Å²) in [5.41, 5.74) is 5.42. The number of nitrogens with one attached hydrogen (secondary N) is 1. The first-order chi connectivity index (χ1) is 10.1. The van der Waals surface area contributed by atoms with Crippen molar-refractivity contribution in [1.82, 2.24) is 5.32 Å². The Labute approximate surface area is 139 Å². The first kappa shape index (κ1) is 15.1. The van der Waals surface area contributed by atoms with Crippen molar-refractivity contribution < 1.29 is 0 Å². The largest absolute Gasteiger partial charge is 0.370 e. The van der Waals surface area contributed by atoms with Crippen LogP contribution in [-0.2, 0) is 13.1 Å². The molecule has 0 aliphatic heterocycles. The van der Waals surface area contributed by atoms with Crippen LogP contribution >= 0.6 is 27.3 Å². The van der Waals surface area contributed by atoms with Gasteiger partial charge < -0.3 is 10.2 Å². The number of hydrogen-bond acceptors (Lipinski definition) is 3. The second kappa shape index (κ2) is 6.51. The molecule has 0 atom stereocenters. The molecule has 1 aliphatic rings. The standard InChI is InChI=1S/C17H21BrN2S/c1-12-7-16(6-3-14(12)9-19-15-4-5-15)20(2)10-13-8-17(18)21-11-13/h3,6-8,11,15,19H,4-5,9-10H2,1-2H3. The second-order valence-corrected chi connectivity index (χ2v) is 8.17. The summed E-state index contributed by atoms with van der Waals surface area (Å²) in [6.45, 7) is 4.15. The van der Waals surface area contributed by atoms with E-state index in [2.05, 4.69) is 69.8 Å². The van der Waals surface area contributed by atoms with E-state index in [1.807, 2.05) is 0 Å². The van der Waals surface area contributed by atoms with E-state index in [1.165, 1.54) is 39.0 Å². The second-order valence-electron chi connectivity index (χ2n) is 5.88. The average molecular weight is 365 g/mol. The molecule has 2 aromatic rings. The first-order valence-electron chi connectivity index (χ1n) is 7.39. The van der Waals surface area contributed by atoms with E-state index < -0.39 is 0 Å². The Morgan fingerprint density at radius 3 is 2.76 bits per heavy atom. The van der Waals surface area contributed by atoms with Gasteiger partial charge in [-0.05, 0) is 76.0 Å². The first-order valence-corrected chi connectivity index (χ1v) is 9.06. The molecule has 0 unspecified atom stereocenters. The maximum absolute atomic E-state index is 3.59. The number of nitrogens with zero attached hydrogens (tertiary/aromatic N) is 1. The molecule has 0 saturated heterocycles. The van der Waals surface area contributed by atoms with Crippen molar-refractivity contribution in [2.24, 2.45) is 0 Å². The third-order valence-corrected chi connectivity index (χ3v) is 5.52. The van der Waals surface area contributed by atoms with Crippen molar-refractivity contribution in [1.29, 1.82) is 0 Å².